The van der Waals surface area contributed by atoms with Crippen molar-refractivity contribution in [2.24, 2.45) is 0 Å². The van der Waals surface area contributed by atoms with Crippen LogP contribution < -0.4 is 26.2 Å². The van der Waals surface area contributed by atoms with E-state index in [9.17, 15) is 0 Å². The molecular formula is C65H46BN3. The topological polar surface area (TPSA) is 11.4 Å². The van der Waals surface area contributed by atoms with Gasteiger partial charge in [-0.15, -0.1) is 0 Å². The zero-order valence-electron chi connectivity index (χ0n) is 38.8. The first kappa shape index (κ1) is 38.7. The molecule has 2 aliphatic heterocycles. The number of para-hydroxylation sites is 4. The van der Waals surface area contributed by atoms with Gasteiger partial charge in [0, 0.05) is 50.6 Å². The minimum Gasteiger partial charge on any atom is -0.311 e. The van der Waals surface area contributed by atoms with E-state index < -0.39 is 5.41 Å². The molecule has 15 rings (SSSR count). The quantitative estimate of drug-likeness (QED) is 0.164. The van der Waals surface area contributed by atoms with E-state index in [4.69, 9.17) is 0 Å². The van der Waals surface area contributed by atoms with Crippen molar-refractivity contribution in [1.82, 2.24) is 4.57 Å². The predicted octanol–water partition coefficient (Wildman–Crippen LogP) is 14.5. The van der Waals surface area contributed by atoms with Crippen molar-refractivity contribution in [3.8, 4) is 27.9 Å². The summed E-state index contributed by atoms with van der Waals surface area (Å²) in [5, 5.41) is 2.52. The van der Waals surface area contributed by atoms with Crippen LogP contribution in [0.3, 0.4) is 0 Å². The molecule has 11 aromatic rings. The van der Waals surface area contributed by atoms with Gasteiger partial charge in [-0.05, 0) is 139 Å². The summed E-state index contributed by atoms with van der Waals surface area (Å²) in [6.45, 7) is 6.97. The van der Waals surface area contributed by atoms with Crippen LogP contribution in [0.15, 0.2) is 224 Å². The smallest absolute Gasteiger partial charge is 0.252 e. The van der Waals surface area contributed by atoms with Crippen molar-refractivity contribution in [2.45, 2.75) is 31.6 Å². The van der Waals surface area contributed by atoms with E-state index in [2.05, 4.69) is 260 Å². The Morgan fingerprint density at radius 1 is 0.377 bits per heavy atom. The molecule has 0 N–H and O–H groups in total. The van der Waals surface area contributed by atoms with Crippen LogP contribution >= 0.6 is 0 Å². The second-order valence-corrected chi connectivity index (χ2v) is 20.4. The SMILES string of the molecule is CC(C)(C)c1cc2c3c(c1)N(c1ccccc1)c1ccc4c(c1B3c1ccc(-n3c5ccccc5c5ccccc53)cc1N2c1ccccc1)-c1ccccc1C41c2ccccc2-c2ccccc21. The van der Waals surface area contributed by atoms with Gasteiger partial charge in [0.25, 0.3) is 6.71 Å². The Balaban J connectivity index is 1.10. The fraction of sp³-hybridized carbons (Fsp3) is 0.0769. The Morgan fingerprint density at radius 2 is 0.870 bits per heavy atom. The fourth-order valence-corrected chi connectivity index (χ4v) is 13.1. The molecule has 1 aromatic heterocycles. The molecule has 3 heterocycles. The summed E-state index contributed by atoms with van der Waals surface area (Å²) in [6.07, 6.45) is 0. The minimum atomic E-state index is -0.473. The van der Waals surface area contributed by atoms with Crippen LogP contribution in [0.2, 0.25) is 0 Å². The largest absolute Gasteiger partial charge is 0.311 e. The van der Waals surface area contributed by atoms with Gasteiger partial charge in [0.05, 0.1) is 16.4 Å². The fourth-order valence-electron chi connectivity index (χ4n) is 13.1. The Labute approximate surface area is 403 Å². The zero-order chi connectivity index (χ0) is 45.8. The average molecular weight is 880 g/mol. The Kier molecular flexibility index (Phi) is 7.79. The third kappa shape index (κ3) is 5.03. The third-order valence-electron chi connectivity index (χ3n) is 15.9. The summed E-state index contributed by atoms with van der Waals surface area (Å²) in [5.41, 5.74) is 26.2. The van der Waals surface area contributed by atoms with Crippen molar-refractivity contribution in [3.05, 3.63) is 252 Å². The molecule has 2 aliphatic carbocycles. The van der Waals surface area contributed by atoms with Crippen molar-refractivity contribution >= 4 is 79.0 Å². The maximum Gasteiger partial charge on any atom is 0.252 e. The van der Waals surface area contributed by atoms with E-state index in [0.717, 1.165) is 17.1 Å². The number of fused-ring (bicyclic) bond motifs is 18. The highest BCUT2D eigenvalue weighted by Crippen LogP contribution is 2.63. The van der Waals surface area contributed by atoms with E-state index in [1.165, 1.54) is 111 Å². The highest BCUT2D eigenvalue weighted by molar-refractivity contribution is 7.01. The predicted molar refractivity (Wildman–Crippen MR) is 290 cm³/mol. The molecule has 69 heavy (non-hydrogen) atoms. The Morgan fingerprint density at radius 3 is 1.45 bits per heavy atom. The van der Waals surface area contributed by atoms with Crippen molar-refractivity contribution in [2.75, 3.05) is 9.80 Å². The van der Waals surface area contributed by atoms with Crippen LogP contribution in [0.5, 0.6) is 0 Å². The minimum absolute atomic E-state index is 0.0915. The Bertz CT molecular complexity index is 3870. The van der Waals surface area contributed by atoms with Gasteiger partial charge in [0.15, 0.2) is 0 Å². The number of anilines is 6. The number of hydrogen-bond donors (Lipinski definition) is 0. The Hall–Kier alpha value is -8.34. The van der Waals surface area contributed by atoms with Gasteiger partial charge in [-0.1, -0.05) is 178 Å². The van der Waals surface area contributed by atoms with Crippen LogP contribution in [-0.4, -0.2) is 11.3 Å². The molecule has 3 nitrogen and oxygen atoms in total. The summed E-state index contributed by atoms with van der Waals surface area (Å²) < 4.78 is 2.47. The second kappa shape index (κ2) is 13.9. The van der Waals surface area contributed by atoms with Gasteiger partial charge in [0.2, 0.25) is 0 Å². The van der Waals surface area contributed by atoms with Crippen molar-refractivity contribution in [3.63, 3.8) is 0 Å². The van der Waals surface area contributed by atoms with Crippen LogP contribution in [0.1, 0.15) is 48.6 Å². The molecule has 1 spiro atoms. The molecule has 324 valence electrons. The maximum atomic E-state index is 2.59. The van der Waals surface area contributed by atoms with Crippen molar-refractivity contribution in [1.29, 1.82) is 0 Å². The molecule has 0 atom stereocenters. The summed E-state index contributed by atoms with van der Waals surface area (Å²) >= 11 is 0. The first-order chi connectivity index (χ1) is 33.9. The number of benzene rings is 10. The lowest BCUT2D eigenvalue weighted by Gasteiger charge is -2.46. The van der Waals surface area contributed by atoms with Crippen LogP contribution in [-0.2, 0) is 10.8 Å². The highest BCUT2D eigenvalue weighted by atomic mass is 15.2. The molecule has 0 unspecified atom stereocenters. The first-order valence-electron chi connectivity index (χ1n) is 24.4. The maximum absolute atomic E-state index is 2.59. The van der Waals surface area contributed by atoms with E-state index in [1.807, 2.05) is 0 Å². The van der Waals surface area contributed by atoms with Crippen molar-refractivity contribution < 1.29 is 0 Å². The first-order valence-corrected chi connectivity index (χ1v) is 24.4. The number of hydrogen-bond acceptors (Lipinski definition) is 2. The molecule has 0 bridgehead atoms. The molecule has 0 saturated heterocycles. The number of rotatable bonds is 3. The zero-order valence-corrected chi connectivity index (χ0v) is 38.8. The van der Waals surface area contributed by atoms with Gasteiger partial charge in [0.1, 0.15) is 0 Å². The van der Waals surface area contributed by atoms with E-state index in [-0.39, 0.29) is 12.1 Å². The summed E-state index contributed by atoms with van der Waals surface area (Å²) in [5.74, 6) is 0. The third-order valence-corrected chi connectivity index (χ3v) is 15.9. The standard InChI is InChI=1S/C65H46BN3/c1-64(2,3)41-38-59-62-60(39-41)68(43-22-8-5-9-23-43)58-40-44(69-55-32-18-13-26-47(55)48-27-14-19-33-56(48)69)34-36-54(58)66(62)63-57(67(59)42-20-6-4-7-21-42)37-35-53-61(63)49-28-12-17-31-52(49)65(53)50-29-15-10-24-45(50)46-25-11-16-30-51(46)65/h4-40H,1-3H3. The van der Waals surface area contributed by atoms with Gasteiger partial charge in [-0.25, -0.2) is 0 Å². The summed E-state index contributed by atoms with van der Waals surface area (Å²) in [7, 11) is 0. The highest BCUT2D eigenvalue weighted by Gasteiger charge is 2.55. The molecular weight excluding hydrogens is 834 g/mol. The monoisotopic (exact) mass is 879 g/mol. The number of nitrogens with zero attached hydrogens (tertiary/aromatic N) is 3. The van der Waals surface area contributed by atoms with Crippen LogP contribution in [0.25, 0.3) is 49.7 Å². The van der Waals surface area contributed by atoms with Gasteiger partial charge >= 0.3 is 0 Å². The summed E-state index contributed by atoms with van der Waals surface area (Å²) in [6, 6.07) is 84.9. The van der Waals surface area contributed by atoms with Gasteiger partial charge in [-0.3, -0.25) is 0 Å². The molecule has 0 saturated carbocycles. The molecule has 0 amide bonds. The summed E-state index contributed by atoms with van der Waals surface area (Å²) in [4.78, 5) is 5.17. The molecule has 4 aliphatic rings. The lowest BCUT2D eigenvalue weighted by Crippen LogP contribution is -2.62. The van der Waals surface area contributed by atoms with Gasteiger partial charge < -0.3 is 14.4 Å². The molecule has 10 aromatic carbocycles. The van der Waals surface area contributed by atoms with Gasteiger partial charge in [-0.2, -0.15) is 0 Å². The van der Waals surface area contributed by atoms with E-state index in [0.29, 0.717) is 0 Å². The van der Waals surface area contributed by atoms with E-state index in [1.54, 1.807) is 0 Å². The second-order valence-electron chi connectivity index (χ2n) is 20.4. The normalized spacial score (nSPS) is 14.3. The van der Waals surface area contributed by atoms with Crippen LogP contribution in [0.4, 0.5) is 34.1 Å². The molecule has 0 fully saturated rings. The lowest BCUT2D eigenvalue weighted by atomic mass is 9.32. The molecule has 0 radical (unpaired) electrons. The van der Waals surface area contributed by atoms with E-state index >= 15 is 0 Å². The lowest BCUT2D eigenvalue weighted by molar-refractivity contribution is 0.590. The number of aromatic nitrogens is 1. The molecule has 4 heteroatoms. The average Bonchev–Trinajstić information content (AvgIpc) is 4.00. The van der Waals surface area contributed by atoms with Crippen LogP contribution in [0, 0.1) is 0 Å².